The molecule has 0 saturated carbocycles. The fourth-order valence-corrected chi connectivity index (χ4v) is 4.67. The molecule has 3 aromatic carbocycles. The van der Waals surface area contributed by atoms with Crippen LogP contribution in [0.2, 0.25) is 5.02 Å². The highest BCUT2D eigenvalue weighted by molar-refractivity contribution is 7.93. The maximum Gasteiger partial charge on any atom is 0.317 e. The second-order valence-electron chi connectivity index (χ2n) is 6.58. The van der Waals surface area contributed by atoms with Gasteiger partial charge in [-0.15, -0.1) is 0 Å². The number of aromatic nitrogens is 2. The van der Waals surface area contributed by atoms with Gasteiger partial charge in [-0.3, -0.25) is 0 Å². The van der Waals surface area contributed by atoms with Crippen LogP contribution in [0.5, 0.6) is 0 Å². The molecule has 0 aliphatic carbocycles. The molecule has 0 amide bonds. The van der Waals surface area contributed by atoms with Gasteiger partial charge < -0.3 is 8.83 Å². The largest absolute Gasteiger partial charge is 0.445 e. The number of nitrogens with zero attached hydrogens (tertiary/aromatic N) is 3. The zero-order valence-electron chi connectivity index (χ0n) is 15.8. The summed E-state index contributed by atoms with van der Waals surface area (Å²) < 4.78 is 39.4. The van der Waals surface area contributed by atoms with Gasteiger partial charge in [-0.1, -0.05) is 29.8 Å². The molecule has 0 atom stereocenters. The van der Waals surface area contributed by atoms with Crippen LogP contribution in [0, 0.1) is 0 Å². The molecule has 0 N–H and O–H groups in total. The summed E-state index contributed by atoms with van der Waals surface area (Å²) in [5.41, 5.74) is 1.93. The number of para-hydroxylation sites is 1. The van der Waals surface area contributed by atoms with Crippen LogP contribution < -0.4 is 4.31 Å². The molecule has 0 spiro atoms. The van der Waals surface area contributed by atoms with E-state index < -0.39 is 10.0 Å². The standard InChI is InChI=1S/C22H14ClN3O4S/c23-16-8-11-20-19(14-16)25-22(30-20)26(17-4-2-1-3-5-17)31(27,28)18-9-6-15(7-10-18)21-24-12-13-29-21/h1-14H. The van der Waals surface area contributed by atoms with Gasteiger partial charge in [0.2, 0.25) is 5.89 Å². The van der Waals surface area contributed by atoms with E-state index in [1.54, 1.807) is 60.7 Å². The van der Waals surface area contributed by atoms with Crippen molar-refractivity contribution in [2.75, 3.05) is 4.31 Å². The summed E-state index contributed by atoms with van der Waals surface area (Å²) in [4.78, 5) is 8.51. The molecule has 5 aromatic rings. The molecule has 31 heavy (non-hydrogen) atoms. The zero-order valence-corrected chi connectivity index (χ0v) is 17.4. The number of rotatable bonds is 5. The normalized spacial score (nSPS) is 11.6. The second-order valence-corrected chi connectivity index (χ2v) is 8.80. The summed E-state index contributed by atoms with van der Waals surface area (Å²) in [6.07, 6.45) is 2.98. The molecule has 0 aliphatic rings. The molecule has 5 rings (SSSR count). The maximum atomic E-state index is 13.6. The van der Waals surface area contributed by atoms with E-state index in [1.165, 1.54) is 24.6 Å². The Morgan fingerprint density at radius 2 is 1.71 bits per heavy atom. The SMILES string of the molecule is O=S(=O)(c1ccc(-c2ncco2)cc1)N(c1ccccc1)c1nc2cc(Cl)ccc2o1. The topological polar surface area (TPSA) is 89.4 Å². The molecule has 0 aliphatic heterocycles. The number of benzene rings is 3. The van der Waals surface area contributed by atoms with Crippen molar-refractivity contribution in [1.82, 2.24) is 9.97 Å². The van der Waals surface area contributed by atoms with Crippen LogP contribution in [0.1, 0.15) is 0 Å². The predicted octanol–water partition coefficient (Wildman–Crippen LogP) is 5.66. The predicted molar refractivity (Wildman–Crippen MR) is 117 cm³/mol. The highest BCUT2D eigenvalue weighted by atomic mass is 35.5. The number of anilines is 2. The van der Waals surface area contributed by atoms with Crippen molar-refractivity contribution in [3.63, 3.8) is 0 Å². The first-order valence-corrected chi connectivity index (χ1v) is 11.0. The van der Waals surface area contributed by atoms with E-state index in [1.807, 2.05) is 0 Å². The maximum absolute atomic E-state index is 13.6. The van der Waals surface area contributed by atoms with E-state index >= 15 is 0 Å². The first-order chi connectivity index (χ1) is 15.0. The van der Waals surface area contributed by atoms with Crippen molar-refractivity contribution in [3.8, 4) is 11.5 Å². The van der Waals surface area contributed by atoms with E-state index in [-0.39, 0.29) is 10.9 Å². The van der Waals surface area contributed by atoms with E-state index in [0.29, 0.717) is 33.3 Å². The van der Waals surface area contributed by atoms with E-state index in [4.69, 9.17) is 20.4 Å². The minimum Gasteiger partial charge on any atom is -0.445 e. The monoisotopic (exact) mass is 451 g/mol. The van der Waals surface area contributed by atoms with Crippen molar-refractivity contribution >= 4 is 44.4 Å². The number of hydrogen-bond acceptors (Lipinski definition) is 6. The van der Waals surface area contributed by atoms with Crippen LogP contribution in [0.15, 0.2) is 99.0 Å². The van der Waals surface area contributed by atoms with E-state index in [0.717, 1.165) is 4.31 Å². The number of oxazole rings is 2. The van der Waals surface area contributed by atoms with Gasteiger partial charge in [0, 0.05) is 10.6 Å². The fraction of sp³-hybridized carbons (Fsp3) is 0. The highest BCUT2D eigenvalue weighted by Crippen LogP contribution is 2.35. The molecule has 7 nitrogen and oxygen atoms in total. The Morgan fingerprint density at radius 1 is 0.935 bits per heavy atom. The lowest BCUT2D eigenvalue weighted by Gasteiger charge is -2.20. The van der Waals surface area contributed by atoms with Gasteiger partial charge >= 0.3 is 6.01 Å². The number of fused-ring (bicyclic) bond motifs is 1. The van der Waals surface area contributed by atoms with Crippen LogP contribution in [-0.4, -0.2) is 18.4 Å². The molecule has 2 aromatic heterocycles. The van der Waals surface area contributed by atoms with Gasteiger partial charge in [0.25, 0.3) is 10.0 Å². The molecule has 9 heteroatoms. The molecule has 0 unspecified atom stereocenters. The Hall–Kier alpha value is -3.62. The first kappa shape index (κ1) is 19.3. The molecular formula is C22H14ClN3O4S. The molecule has 154 valence electrons. The van der Waals surface area contributed by atoms with Crippen LogP contribution in [0.4, 0.5) is 11.7 Å². The number of sulfonamides is 1. The summed E-state index contributed by atoms with van der Waals surface area (Å²) >= 11 is 6.04. The zero-order chi connectivity index (χ0) is 21.4. The van der Waals surface area contributed by atoms with E-state index in [9.17, 15) is 8.42 Å². The van der Waals surface area contributed by atoms with Crippen LogP contribution in [0.3, 0.4) is 0 Å². The lowest BCUT2D eigenvalue weighted by molar-refractivity contribution is 0.573. The second kappa shape index (κ2) is 7.57. The van der Waals surface area contributed by atoms with Crippen LogP contribution in [-0.2, 0) is 10.0 Å². The summed E-state index contributed by atoms with van der Waals surface area (Å²) in [7, 11) is -4.06. The van der Waals surface area contributed by atoms with Crippen LogP contribution >= 0.6 is 11.6 Å². The van der Waals surface area contributed by atoms with Crippen molar-refractivity contribution in [2.24, 2.45) is 0 Å². The Labute approximate surface area is 182 Å². The van der Waals surface area contributed by atoms with Crippen molar-refractivity contribution < 1.29 is 17.3 Å². The Bertz CT molecular complexity index is 1450. The number of hydrogen-bond donors (Lipinski definition) is 0. The molecule has 0 radical (unpaired) electrons. The third-order valence-electron chi connectivity index (χ3n) is 4.57. The van der Waals surface area contributed by atoms with Gasteiger partial charge in [-0.05, 0) is 54.6 Å². The summed E-state index contributed by atoms with van der Waals surface area (Å²) in [6.45, 7) is 0. The molecule has 2 heterocycles. The van der Waals surface area contributed by atoms with Crippen LogP contribution in [0.25, 0.3) is 22.6 Å². The molecule has 0 fully saturated rings. The fourth-order valence-electron chi connectivity index (χ4n) is 3.13. The quantitative estimate of drug-likeness (QED) is 0.342. The lowest BCUT2D eigenvalue weighted by atomic mass is 10.2. The first-order valence-electron chi connectivity index (χ1n) is 9.19. The lowest BCUT2D eigenvalue weighted by Crippen LogP contribution is -2.26. The van der Waals surface area contributed by atoms with E-state index in [2.05, 4.69) is 9.97 Å². The smallest absolute Gasteiger partial charge is 0.317 e. The molecule has 0 saturated heterocycles. The number of halogens is 1. The summed E-state index contributed by atoms with van der Waals surface area (Å²) in [5, 5.41) is 0.476. The van der Waals surface area contributed by atoms with Gasteiger partial charge in [-0.2, -0.15) is 9.29 Å². The minimum absolute atomic E-state index is 0.0620. The average Bonchev–Trinajstić information content (AvgIpc) is 3.44. The third kappa shape index (κ3) is 3.56. The van der Waals surface area contributed by atoms with Gasteiger partial charge in [0.05, 0.1) is 16.8 Å². The molecular weight excluding hydrogens is 438 g/mol. The van der Waals surface area contributed by atoms with Crippen molar-refractivity contribution in [2.45, 2.75) is 4.90 Å². The summed E-state index contributed by atoms with van der Waals surface area (Å²) in [5.74, 6) is 0.402. The third-order valence-corrected chi connectivity index (χ3v) is 6.53. The minimum atomic E-state index is -4.06. The van der Waals surface area contributed by atoms with Gasteiger partial charge in [-0.25, -0.2) is 13.4 Å². The van der Waals surface area contributed by atoms with Crippen molar-refractivity contribution in [1.29, 1.82) is 0 Å². The highest BCUT2D eigenvalue weighted by Gasteiger charge is 2.31. The Kier molecular flexibility index (Phi) is 4.72. The summed E-state index contributed by atoms with van der Waals surface area (Å²) in [6, 6.07) is 19.7. The Balaban J connectivity index is 1.63. The van der Waals surface area contributed by atoms with Crippen molar-refractivity contribution in [3.05, 3.63) is 90.3 Å². The molecule has 0 bridgehead atoms. The Morgan fingerprint density at radius 3 is 2.42 bits per heavy atom. The van der Waals surface area contributed by atoms with Gasteiger partial charge in [0.15, 0.2) is 5.58 Å². The average molecular weight is 452 g/mol. The van der Waals surface area contributed by atoms with Gasteiger partial charge in [0.1, 0.15) is 11.8 Å².